The van der Waals surface area contributed by atoms with Gasteiger partial charge in [-0.1, -0.05) is 0 Å². The largest absolute Gasteiger partial charge is 0.396 e. The number of carbonyl (C=O) groups excluding carboxylic acids is 1. The summed E-state index contributed by atoms with van der Waals surface area (Å²) >= 11 is 0. The molecule has 1 aromatic carbocycles. The number of nitrogens with zero attached hydrogens (tertiary/aromatic N) is 1. The molecule has 1 heterocycles. The second-order valence-corrected chi connectivity index (χ2v) is 2.49. The van der Waals surface area contributed by atoms with Crippen LogP contribution in [0.3, 0.4) is 0 Å². The van der Waals surface area contributed by atoms with Crippen LogP contribution in [0.25, 0.3) is 0 Å². The number of amides is 1. The van der Waals surface area contributed by atoms with Gasteiger partial charge in [-0.25, -0.2) is 9.38 Å². The molecule has 0 spiro atoms. The number of aliphatic imine (C=N–C) groups is 1. The predicted molar refractivity (Wildman–Crippen MR) is 42.7 cm³/mol. The van der Waals surface area contributed by atoms with Crippen LogP contribution >= 0.6 is 0 Å². The molecule has 0 fully saturated rings. The number of hydrogen-bond acceptors (Lipinski definition) is 2. The van der Waals surface area contributed by atoms with Gasteiger partial charge in [0.05, 0.1) is 11.3 Å². The summed E-state index contributed by atoms with van der Waals surface area (Å²) in [7, 11) is 0. The first-order chi connectivity index (χ1) is 5.70. The first kappa shape index (κ1) is 6.97. The Labute approximate surface area is 67.7 Å². The Bertz CT molecular complexity index is 398. The van der Waals surface area contributed by atoms with Crippen LogP contribution in [0.2, 0.25) is 0 Å². The van der Waals surface area contributed by atoms with E-state index in [1.54, 1.807) is 0 Å². The number of nitrogen functional groups attached to an aromatic ring is 1. The van der Waals surface area contributed by atoms with Crippen molar-refractivity contribution >= 4 is 17.8 Å². The molecule has 0 aliphatic carbocycles. The van der Waals surface area contributed by atoms with E-state index in [0.717, 1.165) is 0 Å². The van der Waals surface area contributed by atoms with Crippen LogP contribution < -0.4 is 5.73 Å². The van der Waals surface area contributed by atoms with E-state index in [4.69, 9.17) is 5.73 Å². The minimum Gasteiger partial charge on any atom is -0.396 e. The zero-order chi connectivity index (χ0) is 8.72. The minimum atomic E-state index is -0.576. The van der Waals surface area contributed by atoms with Crippen molar-refractivity contribution in [3.8, 4) is 0 Å². The lowest BCUT2D eigenvalue weighted by Gasteiger charge is -2.00. The van der Waals surface area contributed by atoms with E-state index in [1.807, 2.05) is 0 Å². The van der Waals surface area contributed by atoms with Gasteiger partial charge >= 0.3 is 0 Å². The topological polar surface area (TPSA) is 55.5 Å². The molecule has 0 bridgehead atoms. The predicted octanol–water partition coefficient (Wildman–Crippen LogP) is 0.981. The highest BCUT2D eigenvalue weighted by atomic mass is 19.1. The number of carbonyl (C=O) groups is 1. The summed E-state index contributed by atoms with van der Waals surface area (Å²) in [6.07, 6.45) is 1.38. The van der Waals surface area contributed by atoms with Crippen molar-refractivity contribution in [3.05, 3.63) is 29.1 Å². The zero-order valence-corrected chi connectivity index (χ0v) is 6.04. The third-order valence-electron chi connectivity index (χ3n) is 1.76. The van der Waals surface area contributed by atoms with Crippen molar-refractivity contribution in [2.75, 3.05) is 5.73 Å². The Kier molecular flexibility index (Phi) is 1.24. The summed E-state index contributed by atoms with van der Waals surface area (Å²) in [5.41, 5.74) is 5.99. The van der Waals surface area contributed by atoms with E-state index >= 15 is 0 Å². The molecule has 0 saturated carbocycles. The van der Waals surface area contributed by atoms with E-state index in [-0.39, 0.29) is 11.3 Å². The van der Waals surface area contributed by atoms with Gasteiger partial charge in [0, 0.05) is 11.8 Å². The molecule has 2 N–H and O–H groups in total. The smallest absolute Gasteiger partial charge is 0.279 e. The molecule has 1 aliphatic rings. The summed E-state index contributed by atoms with van der Waals surface area (Å²) < 4.78 is 12.8. The van der Waals surface area contributed by atoms with Crippen molar-refractivity contribution in [2.24, 2.45) is 4.99 Å². The molecule has 0 radical (unpaired) electrons. The summed E-state index contributed by atoms with van der Waals surface area (Å²) in [6.45, 7) is 0. The monoisotopic (exact) mass is 164 g/mol. The first-order valence-corrected chi connectivity index (χ1v) is 3.36. The maximum Gasteiger partial charge on any atom is 0.279 e. The van der Waals surface area contributed by atoms with E-state index in [1.165, 1.54) is 18.3 Å². The van der Waals surface area contributed by atoms with Crippen molar-refractivity contribution in [1.29, 1.82) is 0 Å². The molecule has 3 nitrogen and oxygen atoms in total. The minimum absolute atomic E-state index is 0.116. The summed E-state index contributed by atoms with van der Waals surface area (Å²) in [5, 5.41) is 0. The van der Waals surface area contributed by atoms with Crippen LogP contribution in [0, 0.1) is 5.82 Å². The molecule has 60 valence electrons. The average molecular weight is 164 g/mol. The maximum absolute atomic E-state index is 12.8. The standard InChI is InChI=1S/C8H5FN2O/c9-5-2-1-4-3-11-8(12)6(4)7(5)10/h1-3H,10H2. The molecule has 4 heteroatoms. The fourth-order valence-electron chi connectivity index (χ4n) is 1.15. The third-order valence-corrected chi connectivity index (χ3v) is 1.76. The number of rotatable bonds is 0. The van der Waals surface area contributed by atoms with Gasteiger partial charge in [0.2, 0.25) is 0 Å². The summed E-state index contributed by atoms with van der Waals surface area (Å²) in [4.78, 5) is 14.5. The highest BCUT2D eigenvalue weighted by Crippen LogP contribution is 2.23. The lowest BCUT2D eigenvalue weighted by molar-refractivity contribution is 0.101. The van der Waals surface area contributed by atoms with Gasteiger partial charge in [-0.15, -0.1) is 0 Å². The van der Waals surface area contributed by atoms with Gasteiger partial charge in [-0.05, 0) is 12.1 Å². The van der Waals surface area contributed by atoms with Crippen LogP contribution in [0.1, 0.15) is 15.9 Å². The zero-order valence-electron chi connectivity index (χ0n) is 6.04. The fraction of sp³-hybridized carbons (Fsp3) is 0. The van der Waals surface area contributed by atoms with Crippen LogP contribution in [0.4, 0.5) is 10.1 Å². The number of halogens is 1. The van der Waals surface area contributed by atoms with Crippen LogP contribution in [0.15, 0.2) is 17.1 Å². The van der Waals surface area contributed by atoms with Crippen molar-refractivity contribution in [2.45, 2.75) is 0 Å². The van der Waals surface area contributed by atoms with E-state index in [9.17, 15) is 9.18 Å². The lowest BCUT2D eigenvalue weighted by atomic mass is 10.1. The first-order valence-electron chi connectivity index (χ1n) is 3.36. The average Bonchev–Trinajstić information content (AvgIpc) is 2.41. The lowest BCUT2D eigenvalue weighted by Crippen LogP contribution is -2.02. The van der Waals surface area contributed by atoms with E-state index in [0.29, 0.717) is 5.56 Å². The molecule has 0 saturated heterocycles. The van der Waals surface area contributed by atoms with Gasteiger partial charge < -0.3 is 5.73 Å². The number of anilines is 1. The Morgan fingerprint density at radius 3 is 2.92 bits per heavy atom. The second kappa shape index (κ2) is 2.14. The maximum atomic E-state index is 12.8. The Morgan fingerprint density at radius 1 is 1.42 bits per heavy atom. The molecular weight excluding hydrogens is 159 g/mol. The molecule has 1 aliphatic heterocycles. The number of fused-ring (bicyclic) bond motifs is 1. The molecule has 2 rings (SSSR count). The summed E-state index contributed by atoms with van der Waals surface area (Å²) in [5.74, 6) is -1.05. The fourth-order valence-corrected chi connectivity index (χ4v) is 1.15. The van der Waals surface area contributed by atoms with Crippen molar-refractivity contribution < 1.29 is 9.18 Å². The van der Waals surface area contributed by atoms with Crippen molar-refractivity contribution in [3.63, 3.8) is 0 Å². The van der Waals surface area contributed by atoms with Crippen LogP contribution in [-0.4, -0.2) is 12.1 Å². The van der Waals surface area contributed by atoms with Crippen molar-refractivity contribution in [1.82, 2.24) is 0 Å². The number of benzene rings is 1. The molecule has 1 aromatic rings. The molecular formula is C8H5FN2O. The van der Waals surface area contributed by atoms with Crippen LogP contribution in [0.5, 0.6) is 0 Å². The van der Waals surface area contributed by atoms with Gasteiger partial charge in [0.25, 0.3) is 5.91 Å². The molecule has 0 atom stereocenters. The van der Waals surface area contributed by atoms with Crippen LogP contribution in [-0.2, 0) is 0 Å². The molecule has 12 heavy (non-hydrogen) atoms. The third kappa shape index (κ3) is 0.747. The Hall–Kier alpha value is -1.71. The van der Waals surface area contributed by atoms with Gasteiger partial charge in [-0.3, -0.25) is 4.79 Å². The SMILES string of the molecule is Nc1c(F)ccc2c1C(=O)N=C2. The number of hydrogen-bond donors (Lipinski definition) is 1. The highest BCUT2D eigenvalue weighted by molar-refractivity contribution is 6.15. The van der Waals surface area contributed by atoms with Gasteiger partial charge in [0.15, 0.2) is 0 Å². The Balaban J connectivity index is 2.76. The normalized spacial score (nSPS) is 13.6. The second-order valence-electron chi connectivity index (χ2n) is 2.49. The summed E-state index contributed by atoms with van der Waals surface area (Å²) in [6, 6.07) is 2.70. The molecule has 0 aromatic heterocycles. The number of nitrogens with two attached hydrogens (primary N) is 1. The van der Waals surface area contributed by atoms with E-state index in [2.05, 4.69) is 4.99 Å². The highest BCUT2D eigenvalue weighted by Gasteiger charge is 2.20. The molecule has 1 amide bonds. The molecule has 0 unspecified atom stereocenters. The quantitative estimate of drug-likeness (QED) is 0.581. The Morgan fingerprint density at radius 2 is 2.17 bits per heavy atom. The van der Waals surface area contributed by atoms with E-state index < -0.39 is 11.7 Å². The van der Waals surface area contributed by atoms with Gasteiger partial charge in [-0.2, -0.15) is 0 Å². The van der Waals surface area contributed by atoms with Gasteiger partial charge in [0.1, 0.15) is 5.82 Å².